The third-order valence-corrected chi connectivity index (χ3v) is 2.22. The highest BCUT2D eigenvalue weighted by Crippen LogP contribution is 2.27. The fraction of sp³-hybridized carbons (Fsp3) is 0.300. The number of nitro groups is 1. The highest BCUT2D eigenvalue weighted by Gasteiger charge is 2.24. The third kappa shape index (κ3) is 3.59. The van der Waals surface area contributed by atoms with E-state index in [0.29, 0.717) is 12.1 Å². The number of nitrogens with one attached hydrogen (secondary N) is 1. The summed E-state index contributed by atoms with van der Waals surface area (Å²) in [6.07, 6.45) is -1.33. The number of carbonyl (C=O) groups is 1. The number of ether oxygens (including phenoxy) is 2. The molecule has 110 valence electrons. The van der Waals surface area contributed by atoms with Gasteiger partial charge in [0.05, 0.1) is 17.6 Å². The number of methoxy groups -OCH3 is 1. The van der Waals surface area contributed by atoms with Gasteiger partial charge in [0.15, 0.2) is 11.6 Å². The molecular weight excluding hydrogens is 280 g/mol. The Hall–Kier alpha value is -2.33. The molecule has 8 nitrogen and oxygen atoms in total. The Kier molecular flexibility index (Phi) is 5.29. The third-order valence-electron chi connectivity index (χ3n) is 2.22. The van der Waals surface area contributed by atoms with Crippen molar-refractivity contribution in [2.45, 2.75) is 6.10 Å². The molecule has 10 heteroatoms. The van der Waals surface area contributed by atoms with Crippen molar-refractivity contribution in [2.24, 2.45) is 5.84 Å². The molecule has 1 aromatic rings. The predicted molar refractivity (Wildman–Crippen MR) is 61.6 cm³/mol. The van der Waals surface area contributed by atoms with E-state index >= 15 is 0 Å². The minimum Gasteiger partial charge on any atom is -0.475 e. The van der Waals surface area contributed by atoms with Crippen LogP contribution in [-0.2, 0) is 9.53 Å². The molecule has 0 saturated carbocycles. The number of nitrogens with zero attached hydrogens (tertiary/aromatic N) is 1. The van der Waals surface area contributed by atoms with Crippen LogP contribution < -0.4 is 16.0 Å². The van der Waals surface area contributed by atoms with Crippen molar-refractivity contribution in [3.05, 3.63) is 33.9 Å². The number of benzene rings is 1. The summed E-state index contributed by atoms with van der Waals surface area (Å²) in [6.45, 7) is -0.277. The van der Waals surface area contributed by atoms with Crippen LogP contribution in [0, 0.1) is 21.7 Å². The minimum atomic E-state index is -1.33. The van der Waals surface area contributed by atoms with E-state index in [1.54, 1.807) is 5.43 Å². The monoisotopic (exact) mass is 291 g/mol. The van der Waals surface area contributed by atoms with Crippen LogP contribution in [0.2, 0.25) is 0 Å². The summed E-state index contributed by atoms with van der Waals surface area (Å²) in [5, 5.41) is 10.4. The number of nitro benzene ring substituents is 1. The molecule has 1 amide bonds. The molecule has 0 spiro atoms. The highest BCUT2D eigenvalue weighted by atomic mass is 19.1. The van der Waals surface area contributed by atoms with Crippen LogP contribution in [-0.4, -0.2) is 30.7 Å². The van der Waals surface area contributed by atoms with E-state index in [0.717, 1.165) is 0 Å². The summed E-state index contributed by atoms with van der Waals surface area (Å²) in [5.74, 6) is 0.914. The van der Waals surface area contributed by atoms with Gasteiger partial charge in [0.1, 0.15) is 0 Å². The van der Waals surface area contributed by atoms with Gasteiger partial charge < -0.3 is 9.47 Å². The molecule has 1 aromatic carbocycles. The standard InChI is InChI=1S/C10H11F2N3O5/c1-19-4-9(10(16)14-13)20-8-3-5(11)7(15(17)18)2-6(8)12/h2-3,9H,4,13H2,1H3,(H,14,16). The van der Waals surface area contributed by atoms with E-state index in [-0.39, 0.29) is 6.61 Å². The first kappa shape index (κ1) is 15.7. The Labute approximate surface area is 111 Å². The average Bonchev–Trinajstić information content (AvgIpc) is 2.40. The predicted octanol–water partition coefficient (Wildman–Crippen LogP) is 0.257. The fourth-order valence-electron chi connectivity index (χ4n) is 1.31. The quantitative estimate of drug-likeness (QED) is 0.336. The maximum Gasteiger partial charge on any atom is 0.307 e. The topological polar surface area (TPSA) is 117 Å². The minimum absolute atomic E-state index is 0.277. The van der Waals surface area contributed by atoms with E-state index in [9.17, 15) is 23.7 Å². The molecule has 0 aliphatic carbocycles. The smallest absolute Gasteiger partial charge is 0.307 e. The molecule has 1 rings (SSSR count). The molecule has 0 aromatic heterocycles. The van der Waals surface area contributed by atoms with Crippen LogP contribution >= 0.6 is 0 Å². The fourth-order valence-corrected chi connectivity index (χ4v) is 1.31. The van der Waals surface area contributed by atoms with Gasteiger partial charge in [-0.25, -0.2) is 10.2 Å². The van der Waals surface area contributed by atoms with Gasteiger partial charge >= 0.3 is 5.69 Å². The van der Waals surface area contributed by atoms with Gasteiger partial charge in [-0.1, -0.05) is 0 Å². The lowest BCUT2D eigenvalue weighted by Crippen LogP contribution is -2.44. The Morgan fingerprint density at radius 3 is 2.65 bits per heavy atom. The summed E-state index contributed by atoms with van der Waals surface area (Å²) in [6, 6.07) is 0.828. The maximum absolute atomic E-state index is 13.6. The maximum atomic E-state index is 13.6. The lowest BCUT2D eigenvalue weighted by Gasteiger charge is -2.17. The second-order valence-corrected chi connectivity index (χ2v) is 3.56. The van der Waals surface area contributed by atoms with Gasteiger partial charge in [0.25, 0.3) is 5.91 Å². The zero-order chi connectivity index (χ0) is 15.3. The summed E-state index contributed by atoms with van der Waals surface area (Å²) in [5.41, 5.74) is 0.725. The van der Waals surface area contributed by atoms with Crippen molar-refractivity contribution in [2.75, 3.05) is 13.7 Å². The largest absolute Gasteiger partial charge is 0.475 e. The van der Waals surface area contributed by atoms with E-state index < -0.39 is 40.0 Å². The average molecular weight is 291 g/mol. The zero-order valence-electron chi connectivity index (χ0n) is 10.3. The van der Waals surface area contributed by atoms with E-state index in [1.807, 2.05) is 0 Å². The Morgan fingerprint density at radius 1 is 1.50 bits per heavy atom. The Bertz CT molecular complexity index is 526. The second kappa shape index (κ2) is 6.73. The summed E-state index contributed by atoms with van der Waals surface area (Å²) >= 11 is 0. The van der Waals surface area contributed by atoms with Gasteiger partial charge in [-0.3, -0.25) is 20.3 Å². The second-order valence-electron chi connectivity index (χ2n) is 3.56. The van der Waals surface area contributed by atoms with Crippen molar-refractivity contribution in [1.29, 1.82) is 0 Å². The van der Waals surface area contributed by atoms with Crippen LogP contribution in [0.4, 0.5) is 14.5 Å². The van der Waals surface area contributed by atoms with E-state index in [2.05, 4.69) is 4.74 Å². The van der Waals surface area contributed by atoms with E-state index in [4.69, 9.17) is 10.6 Å². The highest BCUT2D eigenvalue weighted by molar-refractivity contribution is 5.80. The molecule has 1 unspecified atom stereocenters. The summed E-state index contributed by atoms with van der Waals surface area (Å²) in [7, 11) is 1.26. The first-order valence-electron chi connectivity index (χ1n) is 5.20. The zero-order valence-corrected chi connectivity index (χ0v) is 10.3. The Balaban J connectivity index is 3.04. The lowest BCUT2D eigenvalue weighted by molar-refractivity contribution is -0.387. The van der Waals surface area contributed by atoms with Crippen LogP contribution in [0.25, 0.3) is 0 Å². The molecule has 0 heterocycles. The van der Waals surface area contributed by atoms with Crippen LogP contribution in [0.5, 0.6) is 5.75 Å². The van der Waals surface area contributed by atoms with Crippen molar-refractivity contribution in [3.8, 4) is 5.75 Å². The summed E-state index contributed by atoms with van der Waals surface area (Å²) < 4.78 is 36.5. The molecule has 20 heavy (non-hydrogen) atoms. The van der Waals surface area contributed by atoms with Crippen molar-refractivity contribution in [3.63, 3.8) is 0 Å². The summed E-state index contributed by atoms with van der Waals surface area (Å²) in [4.78, 5) is 20.7. The number of halogens is 2. The van der Waals surface area contributed by atoms with Crippen molar-refractivity contribution in [1.82, 2.24) is 5.43 Å². The molecule has 0 bridgehead atoms. The number of rotatable bonds is 6. The van der Waals surface area contributed by atoms with Crippen molar-refractivity contribution < 1.29 is 28.0 Å². The number of carbonyl (C=O) groups excluding carboxylic acids is 1. The van der Waals surface area contributed by atoms with Gasteiger partial charge in [0.2, 0.25) is 11.9 Å². The SMILES string of the molecule is COCC(Oc1cc(F)c([N+](=O)[O-])cc1F)C(=O)NN. The molecule has 0 saturated heterocycles. The van der Waals surface area contributed by atoms with E-state index in [1.165, 1.54) is 7.11 Å². The molecular formula is C10H11F2N3O5. The van der Waals surface area contributed by atoms with Gasteiger partial charge in [-0.05, 0) is 0 Å². The molecule has 0 aliphatic rings. The normalized spacial score (nSPS) is 11.8. The number of nitrogens with two attached hydrogens (primary N) is 1. The number of hydrogen-bond acceptors (Lipinski definition) is 6. The van der Waals surface area contributed by atoms with Crippen LogP contribution in [0.15, 0.2) is 12.1 Å². The van der Waals surface area contributed by atoms with Crippen LogP contribution in [0.1, 0.15) is 0 Å². The lowest BCUT2D eigenvalue weighted by atomic mass is 10.2. The molecule has 0 fully saturated rings. The first-order valence-corrected chi connectivity index (χ1v) is 5.20. The van der Waals surface area contributed by atoms with Gasteiger partial charge in [-0.2, -0.15) is 4.39 Å². The number of hydrogen-bond donors (Lipinski definition) is 2. The van der Waals surface area contributed by atoms with Crippen LogP contribution in [0.3, 0.4) is 0 Å². The molecule has 1 atom stereocenters. The molecule has 0 aliphatic heterocycles. The molecule has 3 N–H and O–H groups in total. The van der Waals surface area contributed by atoms with Crippen molar-refractivity contribution >= 4 is 11.6 Å². The Morgan fingerprint density at radius 2 is 2.15 bits per heavy atom. The number of amides is 1. The first-order chi connectivity index (χ1) is 9.40. The van der Waals surface area contributed by atoms with Gasteiger partial charge in [0, 0.05) is 13.2 Å². The molecule has 0 radical (unpaired) electrons. The van der Waals surface area contributed by atoms with Gasteiger partial charge in [-0.15, -0.1) is 0 Å². The number of hydrazine groups is 1.